The zero-order valence-electron chi connectivity index (χ0n) is 31.4. The fourth-order valence-corrected chi connectivity index (χ4v) is 19.6. The van der Waals surface area contributed by atoms with Crippen molar-refractivity contribution < 1.29 is 0 Å². The number of fused-ring (bicyclic) bond motifs is 5. The van der Waals surface area contributed by atoms with Crippen molar-refractivity contribution in [3.63, 3.8) is 0 Å². The van der Waals surface area contributed by atoms with Crippen LogP contribution in [-0.4, -0.2) is 0 Å². The minimum Gasteiger partial charge on any atom is -0.103 e. The van der Waals surface area contributed by atoms with Crippen LogP contribution in [0.3, 0.4) is 0 Å². The molecule has 0 spiro atoms. The molecule has 0 saturated heterocycles. The summed E-state index contributed by atoms with van der Waals surface area (Å²) in [5, 5.41) is 0. The monoisotopic (exact) mass is 635 g/mol. The molecule has 0 amide bonds. The van der Waals surface area contributed by atoms with Crippen LogP contribution in [0, 0.1) is 66.5 Å². The Hall–Kier alpha value is -1.04. The third-order valence-corrected chi connectivity index (χ3v) is 20.6. The van der Waals surface area contributed by atoms with E-state index in [9.17, 15) is 0 Å². The van der Waals surface area contributed by atoms with Crippen molar-refractivity contribution in [2.75, 3.05) is 0 Å². The van der Waals surface area contributed by atoms with Crippen LogP contribution in [0.1, 0.15) is 175 Å². The summed E-state index contributed by atoms with van der Waals surface area (Å²) in [6.45, 7) is 29.6. The number of hydrogen-bond donors (Lipinski definition) is 0. The molecular formula is C47H70. The van der Waals surface area contributed by atoms with Gasteiger partial charge in [0, 0.05) is 0 Å². The standard InChI is InChI=1S/C47H70/c1-9-13-37(8)42-19-16-40(42,25-33(4)27-42)32-41-18-20-43(41,28-35(6)26-41)45-22-23-46(45,31-36(7)30-45)47(15-12-14-38(47)10-2)44-21-17-39(44,11-3)24-34(5)29-44/h10,36-38H,2,4-6,9,11-32H2,1,3,7-8H3. The molecule has 0 N–H and O–H groups in total. The summed E-state index contributed by atoms with van der Waals surface area (Å²) in [6.07, 6.45) is 35.5. The zero-order chi connectivity index (χ0) is 32.9. The molecule has 9 rings (SSSR count). The molecule has 12 unspecified atom stereocenters. The number of rotatable bonds is 10. The number of hydrogen-bond acceptors (Lipinski definition) is 0. The highest BCUT2D eigenvalue weighted by atomic mass is 14.9. The van der Waals surface area contributed by atoms with Gasteiger partial charge in [-0.05, 0) is 195 Å². The second-order valence-electron chi connectivity index (χ2n) is 21.1. The molecule has 12 atom stereocenters. The molecule has 0 aliphatic heterocycles. The molecule has 9 saturated carbocycles. The maximum atomic E-state index is 4.96. The second-order valence-corrected chi connectivity index (χ2v) is 21.1. The fourth-order valence-electron chi connectivity index (χ4n) is 19.6. The third-order valence-electron chi connectivity index (χ3n) is 20.6. The number of allylic oxidation sites excluding steroid dienone is 4. The summed E-state index contributed by atoms with van der Waals surface area (Å²) in [7, 11) is 0. The van der Waals surface area contributed by atoms with E-state index in [-0.39, 0.29) is 0 Å². The molecule has 9 aliphatic carbocycles. The lowest BCUT2D eigenvalue weighted by atomic mass is 9.22. The van der Waals surface area contributed by atoms with Gasteiger partial charge in [0.25, 0.3) is 0 Å². The van der Waals surface area contributed by atoms with E-state index >= 15 is 0 Å². The first-order chi connectivity index (χ1) is 22.4. The van der Waals surface area contributed by atoms with E-state index in [2.05, 4.69) is 33.8 Å². The molecule has 0 aromatic carbocycles. The lowest BCUT2D eigenvalue weighted by Gasteiger charge is -2.82. The maximum absolute atomic E-state index is 4.96. The van der Waals surface area contributed by atoms with Crippen molar-refractivity contribution in [3.8, 4) is 0 Å². The molecule has 0 radical (unpaired) electrons. The van der Waals surface area contributed by atoms with Gasteiger partial charge in [-0.3, -0.25) is 0 Å². The van der Waals surface area contributed by atoms with Gasteiger partial charge in [0.05, 0.1) is 0 Å². The fraction of sp³-hybridized carbons (Fsp3) is 0.830. The topological polar surface area (TPSA) is 0 Å². The quantitative estimate of drug-likeness (QED) is 0.210. The Balaban J connectivity index is 1.20. The van der Waals surface area contributed by atoms with E-state index in [0.717, 1.165) is 11.8 Å². The minimum absolute atomic E-state index is 0.425. The molecule has 0 heteroatoms. The molecule has 0 aromatic heterocycles. The van der Waals surface area contributed by atoms with Crippen LogP contribution in [0.5, 0.6) is 0 Å². The van der Waals surface area contributed by atoms with Gasteiger partial charge < -0.3 is 0 Å². The van der Waals surface area contributed by atoms with Gasteiger partial charge in [-0.15, -0.1) is 6.58 Å². The van der Waals surface area contributed by atoms with Crippen LogP contribution < -0.4 is 0 Å². The molecule has 0 bridgehead atoms. The second kappa shape index (κ2) is 9.64. The van der Waals surface area contributed by atoms with Crippen molar-refractivity contribution in [2.24, 2.45) is 66.5 Å². The Labute approximate surface area is 290 Å². The molecule has 9 fully saturated rings. The molecule has 9 aliphatic rings. The first kappa shape index (κ1) is 31.9. The average Bonchev–Trinajstić information content (AvgIpc) is 3.70. The van der Waals surface area contributed by atoms with Gasteiger partial charge in [-0.2, -0.15) is 0 Å². The van der Waals surface area contributed by atoms with Crippen LogP contribution in [0.25, 0.3) is 0 Å². The van der Waals surface area contributed by atoms with Gasteiger partial charge in [0.2, 0.25) is 0 Å². The molecule has 47 heavy (non-hydrogen) atoms. The Morgan fingerprint density at radius 3 is 1.85 bits per heavy atom. The SMILES string of the molecule is C=CC1CCCC1(C12CCC1(CC)CC(=C)C2)C12CCC1(C13CCC1(CC14CCC1(C(C)CCC)CC(=C)C4)CC(=C)C3)CC(C)C2. The van der Waals surface area contributed by atoms with Gasteiger partial charge in [0.1, 0.15) is 0 Å². The van der Waals surface area contributed by atoms with Gasteiger partial charge in [0.15, 0.2) is 0 Å². The first-order valence-corrected chi connectivity index (χ1v) is 21.0. The Bertz CT molecular complexity index is 1420. The summed E-state index contributed by atoms with van der Waals surface area (Å²) in [5.74, 6) is 2.40. The minimum atomic E-state index is 0.425. The first-order valence-electron chi connectivity index (χ1n) is 21.0. The van der Waals surface area contributed by atoms with Crippen molar-refractivity contribution in [3.05, 3.63) is 49.1 Å². The van der Waals surface area contributed by atoms with Crippen LogP contribution in [0.4, 0.5) is 0 Å². The summed E-state index contributed by atoms with van der Waals surface area (Å²) in [5.41, 5.74) is 9.29. The molecular weight excluding hydrogens is 565 g/mol. The molecule has 0 heterocycles. The molecule has 258 valence electrons. The maximum Gasteiger partial charge on any atom is -0.0108 e. The summed E-state index contributed by atoms with van der Waals surface area (Å²) < 4.78 is 0. The summed E-state index contributed by atoms with van der Waals surface area (Å²) in [6, 6.07) is 0. The van der Waals surface area contributed by atoms with E-state index in [1.165, 1.54) is 148 Å². The zero-order valence-corrected chi connectivity index (χ0v) is 31.4. The van der Waals surface area contributed by atoms with Crippen LogP contribution in [-0.2, 0) is 0 Å². The van der Waals surface area contributed by atoms with Gasteiger partial charge >= 0.3 is 0 Å². The van der Waals surface area contributed by atoms with Crippen LogP contribution in [0.15, 0.2) is 49.1 Å². The average molecular weight is 635 g/mol. The predicted molar refractivity (Wildman–Crippen MR) is 199 cm³/mol. The predicted octanol–water partition coefficient (Wildman–Crippen LogP) is 13.7. The van der Waals surface area contributed by atoms with E-state index in [4.69, 9.17) is 26.3 Å². The van der Waals surface area contributed by atoms with Crippen LogP contribution in [0.2, 0.25) is 0 Å². The van der Waals surface area contributed by atoms with E-state index < -0.39 is 0 Å². The van der Waals surface area contributed by atoms with Gasteiger partial charge in [-0.25, -0.2) is 0 Å². The van der Waals surface area contributed by atoms with E-state index in [0.29, 0.717) is 54.7 Å². The van der Waals surface area contributed by atoms with Crippen molar-refractivity contribution in [1.29, 1.82) is 0 Å². The third kappa shape index (κ3) is 3.12. The lowest BCUT2D eigenvalue weighted by Crippen LogP contribution is -2.75. The van der Waals surface area contributed by atoms with Crippen molar-refractivity contribution in [2.45, 2.75) is 175 Å². The largest absolute Gasteiger partial charge is 0.103 e. The van der Waals surface area contributed by atoms with Gasteiger partial charge in [-0.1, -0.05) is 89.5 Å². The Kier molecular flexibility index (Phi) is 6.54. The summed E-state index contributed by atoms with van der Waals surface area (Å²) in [4.78, 5) is 0. The highest BCUT2D eigenvalue weighted by molar-refractivity contribution is 5.41. The smallest absolute Gasteiger partial charge is 0.0108 e. The van der Waals surface area contributed by atoms with E-state index in [1.807, 2.05) is 0 Å². The molecule has 0 aromatic rings. The highest BCUT2D eigenvalue weighted by Crippen LogP contribution is 2.96. The van der Waals surface area contributed by atoms with Crippen LogP contribution >= 0.6 is 0 Å². The lowest BCUT2D eigenvalue weighted by molar-refractivity contribution is -0.339. The van der Waals surface area contributed by atoms with Crippen molar-refractivity contribution >= 4 is 0 Å². The Morgan fingerprint density at radius 2 is 1.28 bits per heavy atom. The normalized spacial score (nSPS) is 56.1. The Morgan fingerprint density at radius 1 is 0.681 bits per heavy atom. The summed E-state index contributed by atoms with van der Waals surface area (Å²) >= 11 is 0. The van der Waals surface area contributed by atoms with Crippen molar-refractivity contribution in [1.82, 2.24) is 0 Å². The molecule has 0 nitrogen and oxygen atoms in total. The highest BCUT2D eigenvalue weighted by Gasteiger charge is 2.88. The van der Waals surface area contributed by atoms with E-state index in [1.54, 1.807) is 16.7 Å².